The van der Waals surface area contributed by atoms with Gasteiger partial charge in [0, 0.05) is 35.6 Å². The Labute approximate surface area is 280 Å². The van der Waals surface area contributed by atoms with E-state index in [0.717, 1.165) is 65.5 Å². The Balaban J connectivity index is 1.15. The number of rotatable bonds is 16. The Morgan fingerprint density at radius 1 is 1.02 bits per heavy atom. The zero-order valence-electron chi connectivity index (χ0n) is 27.9. The van der Waals surface area contributed by atoms with Gasteiger partial charge < -0.3 is 24.0 Å². The molecule has 1 aliphatic rings. The minimum Gasteiger partial charge on any atom is -0.494 e. The fraction of sp³-hybridized carbons (Fsp3) is 0.293. The molecule has 0 saturated carbocycles. The van der Waals surface area contributed by atoms with E-state index < -0.39 is 6.10 Å². The molecule has 0 spiro atoms. The number of aromatic nitrogens is 2. The predicted octanol–water partition coefficient (Wildman–Crippen LogP) is 8.71. The van der Waals surface area contributed by atoms with Gasteiger partial charge in [-0.05, 0) is 73.4 Å². The predicted molar refractivity (Wildman–Crippen MR) is 191 cm³/mol. The summed E-state index contributed by atoms with van der Waals surface area (Å²) in [6, 6.07) is 26.7. The molecule has 6 heteroatoms. The summed E-state index contributed by atoms with van der Waals surface area (Å²) < 4.78 is 14.5. The monoisotopic (exact) mass is 629 g/mol. The number of allylic oxidation sites excluding steroid dienone is 5. The van der Waals surface area contributed by atoms with Crippen LogP contribution >= 0.6 is 0 Å². The van der Waals surface area contributed by atoms with Crippen LogP contribution < -0.4 is 9.47 Å². The average Bonchev–Trinajstić information content (AvgIpc) is 3.58. The van der Waals surface area contributed by atoms with Crippen LogP contribution in [0.4, 0.5) is 0 Å². The van der Waals surface area contributed by atoms with Gasteiger partial charge in [-0.2, -0.15) is 0 Å². The molecular weight excluding hydrogens is 582 g/mol. The van der Waals surface area contributed by atoms with Crippen molar-refractivity contribution < 1.29 is 14.6 Å². The van der Waals surface area contributed by atoms with E-state index in [-0.39, 0.29) is 12.0 Å². The third-order valence-corrected chi connectivity index (χ3v) is 8.58. The number of hydrogen-bond acceptors (Lipinski definition) is 5. The van der Waals surface area contributed by atoms with Crippen LogP contribution in [0.2, 0.25) is 0 Å². The van der Waals surface area contributed by atoms with E-state index in [4.69, 9.17) is 9.47 Å². The van der Waals surface area contributed by atoms with Crippen LogP contribution in [0.5, 0.6) is 11.5 Å². The Morgan fingerprint density at radius 2 is 1.74 bits per heavy atom. The first-order chi connectivity index (χ1) is 22.8. The van der Waals surface area contributed by atoms with Gasteiger partial charge in [0.05, 0.1) is 13.2 Å². The van der Waals surface area contributed by atoms with Crippen molar-refractivity contribution in [1.82, 2.24) is 14.5 Å². The van der Waals surface area contributed by atoms with Crippen molar-refractivity contribution in [2.75, 3.05) is 19.8 Å². The van der Waals surface area contributed by atoms with Gasteiger partial charge in [-0.15, -0.1) is 0 Å². The highest BCUT2D eigenvalue weighted by atomic mass is 16.5. The lowest BCUT2D eigenvalue weighted by Gasteiger charge is -2.28. The first-order valence-electron chi connectivity index (χ1n) is 16.5. The second-order valence-corrected chi connectivity index (χ2v) is 12.4. The zero-order valence-corrected chi connectivity index (χ0v) is 27.9. The Morgan fingerprint density at radius 3 is 2.43 bits per heavy atom. The molecule has 47 heavy (non-hydrogen) atoms. The minimum atomic E-state index is -0.688. The van der Waals surface area contributed by atoms with E-state index in [9.17, 15) is 5.11 Å². The van der Waals surface area contributed by atoms with Gasteiger partial charge in [-0.1, -0.05) is 99.3 Å². The number of hydrogen-bond donors (Lipinski definition) is 1. The number of aliphatic hydroxyl groups excluding tert-OH is 1. The van der Waals surface area contributed by atoms with E-state index in [0.29, 0.717) is 13.2 Å². The lowest BCUT2D eigenvalue weighted by molar-refractivity contribution is 0.0892. The molecule has 3 aromatic carbocycles. The standard InChI is InChI=1S/C41H47N3O3/c1-5-24-44(32(2)33-15-8-6-9-16-33)30-37(45)31-47-39-22-13-20-36(29-39)41(3,4)35-19-12-21-38(28-35)46-27-14-25-43-26-23-42-40(43)34-17-10-7-11-18-34/h5-8,10-13,15,17-24,26,28-29,37,45H,2,9,14,16,25,27,30-31H2,1,3-4H3/b24-5-. The molecular formula is C41H47N3O3. The van der Waals surface area contributed by atoms with E-state index >= 15 is 0 Å². The second kappa shape index (κ2) is 16.1. The number of benzene rings is 3. The summed E-state index contributed by atoms with van der Waals surface area (Å²) in [5, 5.41) is 10.9. The molecule has 6 nitrogen and oxygen atoms in total. The van der Waals surface area contributed by atoms with Crippen LogP contribution in [0.25, 0.3) is 11.4 Å². The van der Waals surface area contributed by atoms with Crippen LogP contribution in [0, 0.1) is 0 Å². The van der Waals surface area contributed by atoms with E-state index in [1.807, 2.05) is 72.9 Å². The number of nitrogens with zero attached hydrogens (tertiary/aromatic N) is 3. The quantitative estimate of drug-likeness (QED) is 0.126. The maximum atomic E-state index is 10.9. The molecule has 1 unspecified atom stereocenters. The molecule has 0 bridgehead atoms. The Kier molecular flexibility index (Phi) is 11.5. The lowest BCUT2D eigenvalue weighted by atomic mass is 9.78. The highest BCUT2D eigenvalue weighted by molar-refractivity contribution is 5.55. The number of ether oxygens (including phenoxy) is 2. The minimum absolute atomic E-state index is 0.180. The van der Waals surface area contributed by atoms with Crippen molar-refractivity contribution in [2.24, 2.45) is 0 Å². The first-order valence-corrected chi connectivity index (χ1v) is 16.5. The van der Waals surface area contributed by atoms with E-state index in [2.05, 4.69) is 90.7 Å². The zero-order chi connectivity index (χ0) is 33.1. The van der Waals surface area contributed by atoms with Crippen molar-refractivity contribution in [3.05, 3.63) is 151 Å². The third kappa shape index (κ3) is 8.93. The molecule has 5 rings (SSSR count). The molecule has 0 amide bonds. The summed E-state index contributed by atoms with van der Waals surface area (Å²) in [4.78, 5) is 6.55. The van der Waals surface area contributed by atoms with Crippen molar-refractivity contribution in [3.63, 3.8) is 0 Å². The summed E-state index contributed by atoms with van der Waals surface area (Å²) in [6.07, 6.45) is 16.3. The lowest BCUT2D eigenvalue weighted by Crippen LogP contribution is -2.32. The molecule has 0 fully saturated rings. The molecule has 0 aliphatic heterocycles. The van der Waals surface area contributed by atoms with Crippen molar-refractivity contribution in [1.29, 1.82) is 0 Å². The molecule has 1 atom stereocenters. The normalized spacial score (nSPS) is 13.7. The summed E-state index contributed by atoms with van der Waals surface area (Å²) >= 11 is 0. The highest BCUT2D eigenvalue weighted by Crippen LogP contribution is 2.35. The summed E-state index contributed by atoms with van der Waals surface area (Å²) in [5.41, 5.74) is 5.20. The smallest absolute Gasteiger partial charge is 0.139 e. The summed E-state index contributed by atoms with van der Waals surface area (Å²) in [5.74, 6) is 2.56. The van der Waals surface area contributed by atoms with E-state index in [1.54, 1.807) is 0 Å². The van der Waals surface area contributed by atoms with Gasteiger partial charge in [-0.25, -0.2) is 4.98 Å². The molecule has 1 aliphatic carbocycles. The maximum Gasteiger partial charge on any atom is 0.139 e. The van der Waals surface area contributed by atoms with Crippen LogP contribution in [0.3, 0.4) is 0 Å². The number of aryl methyl sites for hydroxylation is 1. The van der Waals surface area contributed by atoms with E-state index in [1.165, 1.54) is 5.57 Å². The molecule has 0 radical (unpaired) electrons. The highest BCUT2D eigenvalue weighted by Gasteiger charge is 2.24. The maximum absolute atomic E-state index is 10.9. The van der Waals surface area contributed by atoms with Crippen molar-refractivity contribution in [3.8, 4) is 22.9 Å². The van der Waals surface area contributed by atoms with Gasteiger partial charge in [0.2, 0.25) is 0 Å². The second-order valence-electron chi connectivity index (χ2n) is 12.4. The van der Waals surface area contributed by atoms with Crippen molar-refractivity contribution in [2.45, 2.75) is 58.1 Å². The van der Waals surface area contributed by atoms with Crippen LogP contribution in [0.15, 0.2) is 140 Å². The Hall–Kier alpha value is -4.81. The summed E-state index contributed by atoms with van der Waals surface area (Å²) in [7, 11) is 0. The summed E-state index contributed by atoms with van der Waals surface area (Å²) in [6.45, 7) is 12.7. The molecule has 244 valence electrons. The van der Waals surface area contributed by atoms with Crippen LogP contribution in [-0.4, -0.2) is 45.4 Å². The number of aliphatic hydroxyl groups is 1. The van der Waals surface area contributed by atoms with Gasteiger partial charge in [-0.3, -0.25) is 0 Å². The van der Waals surface area contributed by atoms with Crippen molar-refractivity contribution >= 4 is 0 Å². The molecule has 4 aromatic rings. The molecule has 1 heterocycles. The fourth-order valence-electron chi connectivity index (χ4n) is 5.82. The average molecular weight is 630 g/mol. The van der Waals surface area contributed by atoms with Crippen LogP contribution in [0.1, 0.15) is 51.2 Å². The van der Waals surface area contributed by atoms with Crippen LogP contribution in [-0.2, 0) is 12.0 Å². The number of imidazole rings is 1. The third-order valence-electron chi connectivity index (χ3n) is 8.58. The van der Waals surface area contributed by atoms with Gasteiger partial charge in [0.1, 0.15) is 30.0 Å². The van der Waals surface area contributed by atoms with Gasteiger partial charge >= 0.3 is 0 Å². The largest absolute Gasteiger partial charge is 0.494 e. The molecule has 0 saturated heterocycles. The fourth-order valence-corrected chi connectivity index (χ4v) is 5.82. The van der Waals surface area contributed by atoms with Gasteiger partial charge in [0.15, 0.2) is 0 Å². The first kappa shape index (κ1) is 33.6. The topological polar surface area (TPSA) is 59.8 Å². The molecule has 1 aromatic heterocycles. The van der Waals surface area contributed by atoms with Gasteiger partial charge in [0.25, 0.3) is 0 Å². The Bertz CT molecular complexity index is 1700. The molecule has 1 N–H and O–H groups in total. The SMILES string of the molecule is C=C(C1=CC=CCC1)N(/C=C\C)CC(O)COc1cccc(C(C)(C)c2cccc(OCCCn3ccnc3-c3ccccc3)c2)c1.